The first-order valence-electron chi connectivity index (χ1n) is 2.80. The molecule has 1 aromatic heterocycles. The minimum Gasteiger partial charge on any atom is -0.265 e. The number of rotatable bonds is 1. The third-order valence-electron chi connectivity index (χ3n) is 1.14. The normalized spacial score (nSPS) is 9.00. The summed E-state index contributed by atoms with van der Waals surface area (Å²) >= 11 is 0. The molecule has 0 N–H and O–H groups in total. The molecule has 0 aliphatic carbocycles. The van der Waals surface area contributed by atoms with Crippen LogP contribution in [-0.2, 0) is 0 Å². The Hall–Kier alpha value is -1.11. The Morgan fingerprint density at radius 1 is 1.44 bits per heavy atom. The fourth-order valence-electron chi connectivity index (χ4n) is 0.615. The van der Waals surface area contributed by atoms with Crippen LogP contribution in [0.25, 0.3) is 5.57 Å². The van der Waals surface area contributed by atoms with Crippen LogP contribution in [-0.4, -0.2) is 4.98 Å². The monoisotopic (exact) mass is 118 g/mol. The van der Waals surface area contributed by atoms with Gasteiger partial charge in [-0.2, -0.15) is 0 Å². The number of aromatic nitrogens is 1. The van der Waals surface area contributed by atoms with Gasteiger partial charge >= 0.3 is 0 Å². The lowest BCUT2D eigenvalue weighted by molar-refractivity contribution is 1.31. The molecule has 0 atom stereocenters. The van der Waals surface area contributed by atoms with Crippen molar-refractivity contribution in [2.24, 2.45) is 0 Å². The molecular weight excluding hydrogens is 110 g/mol. The van der Waals surface area contributed by atoms with Gasteiger partial charge in [0.1, 0.15) is 0 Å². The fourth-order valence-corrected chi connectivity index (χ4v) is 0.615. The lowest BCUT2D eigenvalue weighted by Gasteiger charge is -1.93. The van der Waals surface area contributed by atoms with E-state index in [1.807, 2.05) is 19.1 Å². The van der Waals surface area contributed by atoms with Crippen LogP contribution in [0.2, 0.25) is 0 Å². The quantitative estimate of drug-likeness (QED) is 0.549. The van der Waals surface area contributed by atoms with Crippen molar-refractivity contribution < 1.29 is 0 Å². The largest absolute Gasteiger partial charge is 0.265 e. The van der Waals surface area contributed by atoms with Crippen LogP contribution >= 0.6 is 0 Å². The molecule has 0 aliphatic rings. The van der Waals surface area contributed by atoms with Crippen molar-refractivity contribution in [1.82, 2.24) is 4.98 Å². The molecule has 1 aromatic rings. The average Bonchev–Trinajstić information content (AvgIpc) is 1.90. The first kappa shape index (κ1) is 6.02. The number of hydrogen-bond acceptors (Lipinski definition) is 1. The molecule has 0 fully saturated rings. The van der Waals surface area contributed by atoms with E-state index in [1.54, 1.807) is 12.4 Å². The van der Waals surface area contributed by atoms with Crippen molar-refractivity contribution in [3.63, 3.8) is 0 Å². The van der Waals surface area contributed by atoms with Crippen LogP contribution in [0.4, 0.5) is 0 Å². The SMILES string of the molecule is [CH]=C(C)c1ccncc1. The molecule has 0 bridgehead atoms. The summed E-state index contributed by atoms with van der Waals surface area (Å²) in [4.78, 5) is 3.86. The van der Waals surface area contributed by atoms with E-state index in [-0.39, 0.29) is 0 Å². The van der Waals surface area contributed by atoms with Crippen molar-refractivity contribution >= 4 is 5.57 Å². The van der Waals surface area contributed by atoms with E-state index < -0.39 is 0 Å². The molecule has 45 valence electrons. The Kier molecular flexibility index (Phi) is 1.63. The Labute approximate surface area is 55.1 Å². The van der Waals surface area contributed by atoms with E-state index in [4.69, 9.17) is 6.58 Å². The Morgan fingerprint density at radius 3 is 2.33 bits per heavy atom. The first-order valence-corrected chi connectivity index (χ1v) is 2.80. The molecule has 1 heteroatoms. The highest BCUT2D eigenvalue weighted by atomic mass is 14.6. The lowest BCUT2D eigenvalue weighted by atomic mass is 10.1. The standard InChI is InChI=1S/C8H8N/c1-7(2)8-3-5-9-6-4-8/h1,3-6H,2H3. The van der Waals surface area contributed by atoms with Gasteiger partial charge in [0.2, 0.25) is 0 Å². The van der Waals surface area contributed by atoms with Gasteiger partial charge in [-0.1, -0.05) is 6.58 Å². The molecule has 0 spiro atoms. The number of pyridine rings is 1. The number of hydrogen-bond donors (Lipinski definition) is 0. The second-order valence-corrected chi connectivity index (χ2v) is 1.92. The minimum absolute atomic E-state index is 0.831. The second kappa shape index (κ2) is 2.44. The summed E-state index contributed by atoms with van der Waals surface area (Å²) in [6.45, 7) is 7.37. The summed E-state index contributed by atoms with van der Waals surface area (Å²) in [7, 11) is 0. The first-order chi connectivity index (χ1) is 4.30. The highest BCUT2D eigenvalue weighted by Crippen LogP contribution is 2.07. The van der Waals surface area contributed by atoms with Gasteiger partial charge in [-0.05, 0) is 30.2 Å². The van der Waals surface area contributed by atoms with Crippen LogP contribution in [0.3, 0.4) is 0 Å². The van der Waals surface area contributed by atoms with E-state index in [0.29, 0.717) is 0 Å². The summed E-state index contributed by atoms with van der Waals surface area (Å²) in [6, 6.07) is 3.77. The zero-order valence-electron chi connectivity index (χ0n) is 5.33. The second-order valence-electron chi connectivity index (χ2n) is 1.92. The lowest BCUT2D eigenvalue weighted by Crippen LogP contribution is -1.76. The Bertz CT molecular complexity index is 201. The van der Waals surface area contributed by atoms with Gasteiger partial charge in [-0.25, -0.2) is 0 Å². The highest BCUT2D eigenvalue weighted by molar-refractivity contribution is 5.58. The average molecular weight is 118 g/mol. The van der Waals surface area contributed by atoms with Crippen molar-refractivity contribution in [3.8, 4) is 0 Å². The molecule has 0 aliphatic heterocycles. The summed E-state index contributed by atoms with van der Waals surface area (Å²) in [5.41, 5.74) is 1.88. The van der Waals surface area contributed by atoms with Crippen molar-refractivity contribution in [2.45, 2.75) is 6.92 Å². The third kappa shape index (κ3) is 1.39. The number of nitrogens with zero attached hydrogens (tertiary/aromatic N) is 1. The van der Waals surface area contributed by atoms with E-state index >= 15 is 0 Å². The van der Waals surface area contributed by atoms with Crippen LogP contribution in [0.15, 0.2) is 24.5 Å². The Balaban J connectivity index is 2.98. The van der Waals surface area contributed by atoms with Gasteiger partial charge in [0.15, 0.2) is 0 Å². The molecule has 0 aromatic carbocycles. The molecule has 1 heterocycles. The van der Waals surface area contributed by atoms with Gasteiger partial charge in [0.25, 0.3) is 0 Å². The van der Waals surface area contributed by atoms with Crippen LogP contribution in [0.5, 0.6) is 0 Å². The molecule has 0 saturated heterocycles. The summed E-state index contributed by atoms with van der Waals surface area (Å²) in [5, 5.41) is 0. The maximum Gasteiger partial charge on any atom is 0.0273 e. The van der Waals surface area contributed by atoms with Crippen molar-refractivity contribution in [2.75, 3.05) is 0 Å². The molecule has 1 rings (SSSR count). The zero-order chi connectivity index (χ0) is 6.69. The van der Waals surface area contributed by atoms with E-state index in [2.05, 4.69) is 4.98 Å². The van der Waals surface area contributed by atoms with Gasteiger partial charge in [0.05, 0.1) is 0 Å². The van der Waals surface area contributed by atoms with Crippen LogP contribution in [0.1, 0.15) is 12.5 Å². The van der Waals surface area contributed by atoms with Crippen molar-refractivity contribution in [1.29, 1.82) is 0 Å². The van der Waals surface area contributed by atoms with Gasteiger partial charge in [-0.15, -0.1) is 0 Å². The fraction of sp³-hybridized carbons (Fsp3) is 0.125. The van der Waals surface area contributed by atoms with E-state index in [0.717, 1.165) is 11.1 Å². The summed E-state index contributed by atoms with van der Waals surface area (Å²) in [6.07, 6.45) is 3.46. The van der Waals surface area contributed by atoms with Gasteiger partial charge in [-0.3, -0.25) is 4.98 Å². The van der Waals surface area contributed by atoms with Crippen LogP contribution in [0, 0.1) is 6.58 Å². The number of allylic oxidation sites excluding steroid dienone is 1. The predicted octanol–water partition coefficient (Wildman–Crippen LogP) is 1.92. The molecule has 0 saturated carbocycles. The molecule has 1 nitrogen and oxygen atoms in total. The van der Waals surface area contributed by atoms with Crippen molar-refractivity contribution in [3.05, 3.63) is 36.7 Å². The molecule has 0 unspecified atom stereocenters. The van der Waals surface area contributed by atoms with Gasteiger partial charge in [0, 0.05) is 12.4 Å². The maximum atomic E-state index is 5.50. The molecule has 1 radical (unpaired) electrons. The van der Waals surface area contributed by atoms with E-state index in [1.165, 1.54) is 0 Å². The zero-order valence-corrected chi connectivity index (χ0v) is 5.33. The Morgan fingerprint density at radius 2 is 2.00 bits per heavy atom. The topological polar surface area (TPSA) is 12.9 Å². The molecule has 0 amide bonds. The maximum absolute atomic E-state index is 5.50. The van der Waals surface area contributed by atoms with Gasteiger partial charge < -0.3 is 0 Å². The molecule has 9 heavy (non-hydrogen) atoms. The minimum atomic E-state index is 0.831. The smallest absolute Gasteiger partial charge is 0.0273 e. The highest BCUT2D eigenvalue weighted by Gasteiger charge is 1.87. The summed E-state index contributed by atoms with van der Waals surface area (Å²) in [5.74, 6) is 0. The van der Waals surface area contributed by atoms with Crippen LogP contribution < -0.4 is 0 Å². The van der Waals surface area contributed by atoms with E-state index in [9.17, 15) is 0 Å². The third-order valence-corrected chi connectivity index (χ3v) is 1.14. The predicted molar refractivity (Wildman–Crippen MR) is 37.6 cm³/mol. The summed E-state index contributed by atoms with van der Waals surface area (Å²) < 4.78 is 0. The molecular formula is C8H8N.